The average molecular weight is 584 g/mol. The van der Waals surface area contributed by atoms with Crippen LogP contribution in [0.2, 0.25) is 0 Å². The van der Waals surface area contributed by atoms with E-state index in [0.717, 1.165) is 12.2 Å². The molecule has 3 aliphatic heterocycles. The van der Waals surface area contributed by atoms with Crippen molar-refractivity contribution in [1.82, 2.24) is 9.80 Å². The van der Waals surface area contributed by atoms with Crippen molar-refractivity contribution >= 4 is 35.2 Å². The molecule has 5 atom stereocenters. The van der Waals surface area contributed by atoms with Crippen molar-refractivity contribution in [3.05, 3.63) is 49.6 Å². The fourth-order valence-electron chi connectivity index (χ4n) is 7.04. The number of likely N-dealkylation sites (tertiary alicyclic amines) is 1. The largest absolute Gasteiger partial charge is 0.494 e. The number of aliphatic hydroxyl groups is 1. The number of amides is 3. The smallest absolute Gasteiger partial charge is 0.247 e. The fourth-order valence-corrected chi connectivity index (χ4v) is 9.39. The maximum atomic E-state index is 14.5. The van der Waals surface area contributed by atoms with Crippen LogP contribution in [0.4, 0.5) is 5.69 Å². The van der Waals surface area contributed by atoms with Gasteiger partial charge in [0.1, 0.15) is 11.8 Å². The van der Waals surface area contributed by atoms with Crippen LogP contribution in [0.15, 0.2) is 49.6 Å². The third-order valence-electron chi connectivity index (χ3n) is 8.76. The second-order valence-electron chi connectivity index (χ2n) is 12.4. The summed E-state index contributed by atoms with van der Waals surface area (Å²) >= 11 is 1.66. The lowest BCUT2D eigenvalue weighted by Crippen LogP contribution is -2.59. The first-order chi connectivity index (χ1) is 19.4. The second-order valence-corrected chi connectivity index (χ2v) is 14.3. The summed E-state index contributed by atoms with van der Waals surface area (Å²) in [5.74, 6) is -0.921. The number of fused-ring (bicyclic) bond motifs is 1. The monoisotopic (exact) mass is 583 g/mol. The molecule has 41 heavy (non-hydrogen) atoms. The molecule has 1 spiro atoms. The normalized spacial score (nSPS) is 28.4. The molecular formula is C32H45N3O5S. The van der Waals surface area contributed by atoms with E-state index in [4.69, 9.17) is 4.74 Å². The molecule has 0 saturated carbocycles. The first-order valence-electron chi connectivity index (χ1n) is 14.6. The van der Waals surface area contributed by atoms with E-state index in [1.807, 2.05) is 52.0 Å². The maximum Gasteiger partial charge on any atom is 0.247 e. The number of ether oxygens (including phenoxy) is 1. The first-order valence-corrected chi connectivity index (χ1v) is 15.4. The summed E-state index contributed by atoms with van der Waals surface area (Å²) < 4.78 is 4.38. The number of anilines is 1. The van der Waals surface area contributed by atoms with Crippen molar-refractivity contribution in [2.45, 2.75) is 75.0 Å². The maximum absolute atomic E-state index is 14.5. The molecule has 9 heteroatoms. The summed E-state index contributed by atoms with van der Waals surface area (Å²) in [5, 5.41) is 9.65. The van der Waals surface area contributed by atoms with E-state index in [-0.39, 0.29) is 30.9 Å². The van der Waals surface area contributed by atoms with Crippen molar-refractivity contribution in [2.75, 3.05) is 37.7 Å². The lowest BCUT2D eigenvalue weighted by atomic mass is 9.66. The third kappa shape index (κ3) is 5.31. The van der Waals surface area contributed by atoms with Gasteiger partial charge in [0.15, 0.2) is 0 Å². The number of aliphatic hydroxyl groups excluding tert-OH is 1. The summed E-state index contributed by atoms with van der Waals surface area (Å²) in [7, 11) is 0. The third-order valence-corrected chi connectivity index (χ3v) is 10.7. The van der Waals surface area contributed by atoms with Gasteiger partial charge in [0.05, 0.1) is 23.2 Å². The van der Waals surface area contributed by atoms with Crippen LogP contribution in [-0.4, -0.2) is 86.6 Å². The van der Waals surface area contributed by atoms with Crippen LogP contribution < -0.4 is 9.64 Å². The fraction of sp³-hybridized carbons (Fsp3) is 0.594. The molecule has 0 radical (unpaired) electrons. The molecular weight excluding hydrogens is 538 g/mol. The van der Waals surface area contributed by atoms with E-state index in [2.05, 4.69) is 20.1 Å². The molecule has 3 saturated heterocycles. The van der Waals surface area contributed by atoms with E-state index in [0.29, 0.717) is 38.2 Å². The average Bonchev–Trinajstić information content (AvgIpc) is 3.49. The Balaban J connectivity index is 1.77. The van der Waals surface area contributed by atoms with Crippen molar-refractivity contribution in [2.24, 2.45) is 11.8 Å². The van der Waals surface area contributed by atoms with E-state index in [1.54, 1.807) is 38.6 Å². The van der Waals surface area contributed by atoms with Crippen molar-refractivity contribution < 1.29 is 24.2 Å². The zero-order valence-electron chi connectivity index (χ0n) is 25.1. The van der Waals surface area contributed by atoms with E-state index >= 15 is 0 Å². The molecule has 2 unspecified atom stereocenters. The lowest BCUT2D eigenvalue weighted by Gasteiger charge is -2.42. The van der Waals surface area contributed by atoms with Gasteiger partial charge >= 0.3 is 0 Å². The summed E-state index contributed by atoms with van der Waals surface area (Å²) in [4.78, 5) is 48.5. The molecule has 0 aliphatic carbocycles. The van der Waals surface area contributed by atoms with Gasteiger partial charge in [0.25, 0.3) is 0 Å². The predicted octanol–water partition coefficient (Wildman–Crippen LogP) is 4.28. The number of carbonyl (C=O) groups is 3. The Kier molecular flexibility index (Phi) is 9.00. The quantitative estimate of drug-likeness (QED) is 0.370. The topological polar surface area (TPSA) is 90.4 Å². The van der Waals surface area contributed by atoms with Gasteiger partial charge in [-0.15, -0.1) is 24.9 Å². The Morgan fingerprint density at radius 1 is 1.15 bits per heavy atom. The summed E-state index contributed by atoms with van der Waals surface area (Å²) in [5.41, 5.74) is 0.226. The van der Waals surface area contributed by atoms with Gasteiger partial charge in [-0.3, -0.25) is 14.4 Å². The standard InChI is InChI=1S/C32H45N3O5S/c1-8-18-33(22-12-14-23(15-13-22)40-10-3)27(37)24-25-28(38)34(20-11-21-36)26(32(25)17-16-31(24,7)41-32)29(39)35(19-9-2)30(4,5)6/h8-9,12-15,24-26,36H,1-2,10-11,16-21H2,3-7H3/t24-,25-,26?,31+,32?/m0/s1. The molecule has 3 amide bonds. The number of rotatable bonds is 12. The summed E-state index contributed by atoms with van der Waals surface area (Å²) in [6, 6.07) is 6.69. The van der Waals surface area contributed by atoms with Gasteiger partial charge in [-0.2, -0.15) is 0 Å². The van der Waals surface area contributed by atoms with Crippen LogP contribution in [0.5, 0.6) is 5.75 Å². The van der Waals surface area contributed by atoms with E-state index in [9.17, 15) is 19.5 Å². The van der Waals surface area contributed by atoms with Crippen molar-refractivity contribution in [3.63, 3.8) is 0 Å². The number of benzene rings is 1. The number of carbonyl (C=O) groups excluding carboxylic acids is 3. The van der Waals surface area contributed by atoms with Crippen LogP contribution >= 0.6 is 11.8 Å². The van der Waals surface area contributed by atoms with Gasteiger partial charge in [0.2, 0.25) is 17.7 Å². The zero-order chi connectivity index (χ0) is 30.2. The molecule has 8 nitrogen and oxygen atoms in total. The molecule has 1 N–H and O–H groups in total. The Bertz CT molecular complexity index is 1180. The predicted molar refractivity (Wildman–Crippen MR) is 164 cm³/mol. The number of thioether (sulfide) groups is 1. The molecule has 3 heterocycles. The van der Waals surface area contributed by atoms with Crippen LogP contribution in [-0.2, 0) is 14.4 Å². The first kappa shape index (κ1) is 31.2. The molecule has 224 valence electrons. The Morgan fingerprint density at radius 2 is 1.80 bits per heavy atom. The Hall–Kier alpha value is -2.78. The second kappa shape index (κ2) is 11.8. The molecule has 3 aliphatic rings. The van der Waals surface area contributed by atoms with Crippen molar-refractivity contribution in [1.29, 1.82) is 0 Å². The van der Waals surface area contributed by atoms with Gasteiger partial charge in [-0.1, -0.05) is 12.2 Å². The van der Waals surface area contributed by atoms with Crippen LogP contribution in [0.25, 0.3) is 0 Å². The van der Waals surface area contributed by atoms with E-state index < -0.39 is 32.9 Å². The SMILES string of the molecule is C=CCN(C(=O)[C@@H]1[C@H]2C(=O)N(CCCO)C(C(=O)N(CC=C)C(C)(C)C)C23CC[C@@]1(C)S3)c1ccc(OCC)cc1. The number of hydrogen-bond donors (Lipinski definition) is 1. The van der Waals surface area contributed by atoms with Crippen LogP contribution in [0.3, 0.4) is 0 Å². The molecule has 1 aromatic rings. The lowest BCUT2D eigenvalue weighted by molar-refractivity contribution is -0.145. The van der Waals surface area contributed by atoms with Crippen molar-refractivity contribution in [3.8, 4) is 5.75 Å². The van der Waals surface area contributed by atoms with Gasteiger partial charge in [0, 0.05) is 42.2 Å². The Morgan fingerprint density at radius 3 is 2.37 bits per heavy atom. The van der Waals surface area contributed by atoms with Crippen LogP contribution in [0, 0.1) is 11.8 Å². The number of hydrogen-bond acceptors (Lipinski definition) is 6. The minimum absolute atomic E-state index is 0.0872. The van der Waals surface area contributed by atoms with Crippen LogP contribution in [0.1, 0.15) is 53.9 Å². The van der Waals surface area contributed by atoms with Gasteiger partial charge in [-0.05, 0) is 78.1 Å². The van der Waals surface area contributed by atoms with Gasteiger partial charge < -0.3 is 24.5 Å². The minimum atomic E-state index is -0.720. The summed E-state index contributed by atoms with van der Waals surface area (Å²) in [6.07, 6.45) is 5.18. The highest BCUT2D eigenvalue weighted by Gasteiger charge is 2.77. The minimum Gasteiger partial charge on any atom is -0.494 e. The molecule has 3 fully saturated rings. The summed E-state index contributed by atoms with van der Waals surface area (Å²) in [6.45, 7) is 19.1. The molecule has 0 aromatic heterocycles. The molecule has 2 bridgehead atoms. The zero-order valence-corrected chi connectivity index (χ0v) is 25.9. The number of nitrogens with zero attached hydrogens (tertiary/aromatic N) is 3. The highest BCUT2D eigenvalue weighted by atomic mass is 32.2. The molecule has 1 aromatic carbocycles. The molecule has 4 rings (SSSR count). The van der Waals surface area contributed by atoms with Gasteiger partial charge in [-0.25, -0.2) is 0 Å². The highest BCUT2D eigenvalue weighted by molar-refractivity contribution is 8.02. The Labute approximate surface area is 248 Å². The highest BCUT2D eigenvalue weighted by Crippen LogP contribution is 2.71. The van der Waals surface area contributed by atoms with E-state index in [1.165, 1.54) is 0 Å².